The molecule has 2 N–H and O–H groups in total. The van der Waals surface area contributed by atoms with Gasteiger partial charge in [-0.25, -0.2) is 4.79 Å². The SMILES string of the molecule is O=C(NC(=O)N1CCc2c([nH]c3ccccc23)[C@@H]1C(F)(F)F)c1ccccc1. The number of imide groups is 1. The van der Waals surface area contributed by atoms with E-state index in [0.717, 1.165) is 0 Å². The molecular formula is C20H16F3N3O2. The molecule has 0 unspecified atom stereocenters. The van der Waals surface area contributed by atoms with Crippen LogP contribution >= 0.6 is 0 Å². The third-order valence-corrected chi connectivity index (χ3v) is 4.86. The van der Waals surface area contributed by atoms with Crippen molar-refractivity contribution in [2.24, 2.45) is 0 Å². The molecule has 8 heteroatoms. The van der Waals surface area contributed by atoms with Crippen LogP contribution in [0, 0.1) is 0 Å². The lowest BCUT2D eigenvalue weighted by Gasteiger charge is -2.36. The molecule has 0 bridgehead atoms. The zero-order valence-electron chi connectivity index (χ0n) is 14.6. The summed E-state index contributed by atoms with van der Waals surface area (Å²) in [5.41, 5.74) is 1.28. The molecule has 2 aromatic carbocycles. The Bertz CT molecular complexity index is 1040. The molecule has 0 fully saturated rings. The predicted molar refractivity (Wildman–Crippen MR) is 96.8 cm³/mol. The van der Waals surface area contributed by atoms with Gasteiger partial charge in [0.15, 0.2) is 6.04 Å². The van der Waals surface area contributed by atoms with Crippen LogP contribution in [0.25, 0.3) is 10.9 Å². The molecule has 0 saturated carbocycles. The van der Waals surface area contributed by atoms with Gasteiger partial charge in [0.1, 0.15) is 0 Å². The Morgan fingerprint density at radius 2 is 1.71 bits per heavy atom. The number of rotatable bonds is 1. The van der Waals surface area contributed by atoms with Crippen molar-refractivity contribution < 1.29 is 22.8 Å². The topological polar surface area (TPSA) is 65.2 Å². The number of halogens is 3. The van der Waals surface area contributed by atoms with Crippen molar-refractivity contribution in [2.45, 2.75) is 18.6 Å². The summed E-state index contributed by atoms with van der Waals surface area (Å²) in [5, 5.41) is 2.78. The Morgan fingerprint density at radius 1 is 1.04 bits per heavy atom. The van der Waals surface area contributed by atoms with E-state index in [1.54, 1.807) is 42.5 Å². The highest BCUT2D eigenvalue weighted by Gasteiger charge is 2.50. The van der Waals surface area contributed by atoms with Crippen LogP contribution in [0.1, 0.15) is 27.7 Å². The van der Waals surface area contributed by atoms with Crippen LogP contribution in [0.2, 0.25) is 0 Å². The van der Waals surface area contributed by atoms with Gasteiger partial charge in [-0.15, -0.1) is 0 Å². The molecule has 28 heavy (non-hydrogen) atoms. The summed E-state index contributed by atoms with van der Waals surface area (Å²) in [4.78, 5) is 28.2. The fourth-order valence-corrected chi connectivity index (χ4v) is 3.63. The van der Waals surface area contributed by atoms with E-state index < -0.39 is 24.2 Å². The van der Waals surface area contributed by atoms with Crippen molar-refractivity contribution in [1.82, 2.24) is 15.2 Å². The maximum atomic E-state index is 13.9. The Balaban J connectivity index is 1.67. The molecule has 3 amide bonds. The van der Waals surface area contributed by atoms with Crippen LogP contribution in [0.3, 0.4) is 0 Å². The zero-order chi connectivity index (χ0) is 19.9. The summed E-state index contributed by atoms with van der Waals surface area (Å²) in [6.07, 6.45) is -4.43. The highest BCUT2D eigenvalue weighted by atomic mass is 19.4. The van der Waals surface area contributed by atoms with E-state index >= 15 is 0 Å². The van der Waals surface area contributed by atoms with Gasteiger partial charge in [0.2, 0.25) is 0 Å². The largest absolute Gasteiger partial charge is 0.414 e. The number of amides is 3. The smallest absolute Gasteiger partial charge is 0.356 e. The number of hydrogen-bond acceptors (Lipinski definition) is 2. The molecule has 2 heterocycles. The molecule has 5 nitrogen and oxygen atoms in total. The molecule has 1 aromatic heterocycles. The van der Waals surface area contributed by atoms with Gasteiger partial charge in [0.25, 0.3) is 5.91 Å². The molecule has 4 rings (SSSR count). The van der Waals surface area contributed by atoms with Crippen LogP contribution in [0.15, 0.2) is 54.6 Å². The number of para-hydroxylation sites is 1. The van der Waals surface area contributed by atoms with Crippen molar-refractivity contribution in [3.63, 3.8) is 0 Å². The number of carbonyl (C=O) groups excluding carboxylic acids is 2. The third kappa shape index (κ3) is 3.11. The molecule has 144 valence electrons. The van der Waals surface area contributed by atoms with Gasteiger partial charge < -0.3 is 9.88 Å². The number of nitrogens with zero attached hydrogens (tertiary/aromatic N) is 1. The van der Waals surface area contributed by atoms with Crippen LogP contribution in [-0.2, 0) is 6.42 Å². The Labute approximate surface area is 158 Å². The number of hydrogen-bond donors (Lipinski definition) is 2. The van der Waals surface area contributed by atoms with E-state index in [-0.39, 0.29) is 24.2 Å². The summed E-state index contributed by atoms with van der Waals surface area (Å²) in [6, 6.07) is 11.6. The second kappa shape index (κ2) is 6.70. The van der Waals surface area contributed by atoms with Crippen LogP contribution in [-0.4, -0.2) is 34.5 Å². The Kier molecular flexibility index (Phi) is 4.33. The summed E-state index contributed by atoms with van der Waals surface area (Å²) < 4.78 is 41.7. The molecule has 1 aliphatic heterocycles. The van der Waals surface area contributed by atoms with Gasteiger partial charge in [0.05, 0.1) is 5.69 Å². The second-order valence-electron chi connectivity index (χ2n) is 6.58. The number of nitrogens with one attached hydrogen (secondary N) is 2. The number of alkyl halides is 3. The van der Waals surface area contributed by atoms with E-state index in [1.807, 2.05) is 0 Å². The van der Waals surface area contributed by atoms with E-state index in [1.165, 1.54) is 12.1 Å². The second-order valence-corrected chi connectivity index (χ2v) is 6.58. The quantitative estimate of drug-likeness (QED) is 0.658. The molecule has 1 atom stereocenters. The standard InChI is InChI=1S/C20H16F3N3O2/c21-20(22,23)17-16-14(13-8-4-5-9-15(13)24-16)10-11-26(17)19(28)25-18(27)12-6-2-1-3-7-12/h1-9,17,24H,10-11H2,(H,25,27,28)/t17-/m1/s1. The lowest BCUT2D eigenvalue weighted by Crippen LogP contribution is -2.51. The highest BCUT2D eigenvalue weighted by molar-refractivity contribution is 6.04. The summed E-state index contributed by atoms with van der Waals surface area (Å²) in [6.45, 7) is -0.146. The van der Waals surface area contributed by atoms with E-state index in [9.17, 15) is 22.8 Å². The van der Waals surface area contributed by atoms with Crippen molar-refractivity contribution in [1.29, 1.82) is 0 Å². The lowest BCUT2D eigenvalue weighted by atomic mass is 9.97. The number of H-pyrrole nitrogens is 1. The molecule has 0 radical (unpaired) electrons. The van der Waals surface area contributed by atoms with Crippen LogP contribution in [0.5, 0.6) is 0 Å². The normalized spacial score (nSPS) is 16.7. The van der Waals surface area contributed by atoms with Gasteiger partial charge in [-0.1, -0.05) is 36.4 Å². The number of urea groups is 1. The molecule has 0 spiro atoms. The predicted octanol–water partition coefficient (Wildman–Crippen LogP) is 4.18. The van der Waals surface area contributed by atoms with E-state index in [0.29, 0.717) is 21.4 Å². The van der Waals surface area contributed by atoms with Crippen LogP contribution in [0.4, 0.5) is 18.0 Å². The maximum Gasteiger partial charge on any atom is 0.414 e. The fraction of sp³-hybridized carbons (Fsp3) is 0.200. The summed E-state index contributed by atoms with van der Waals surface area (Å²) >= 11 is 0. The van der Waals surface area contributed by atoms with E-state index in [4.69, 9.17) is 0 Å². The number of carbonyl (C=O) groups is 2. The van der Waals surface area contributed by atoms with Gasteiger partial charge in [-0.05, 0) is 30.2 Å². The summed E-state index contributed by atoms with van der Waals surface area (Å²) in [5.74, 6) is -0.742. The van der Waals surface area contributed by atoms with E-state index in [2.05, 4.69) is 10.3 Å². The first kappa shape index (κ1) is 18.1. The lowest BCUT2D eigenvalue weighted by molar-refractivity contribution is -0.181. The van der Waals surface area contributed by atoms with Crippen molar-refractivity contribution in [2.75, 3.05) is 6.54 Å². The van der Waals surface area contributed by atoms with Crippen molar-refractivity contribution in [3.05, 3.63) is 71.4 Å². The number of aromatic nitrogens is 1. The first-order chi connectivity index (χ1) is 13.4. The first-order valence-electron chi connectivity index (χ1n) is 8.69. The molecule has 1 aliphatic rings. The fourth-order valence-electron chi connectivity index (χ4n) is 3.63. The molecule has 0 aliphatic carbocycles. The Hall–Kier alpha value is -3.29. The van der Waals surface area contributed by atoms with Crippen molar-refractivity contribution >= 4 is 22.8 Å². The zero-order valence-corrected chi connectivity index (χ0v) is 14.6. The third-order valence-electron chi connectivity index (χ3n) is 4.86. The minimum Gasteiger partial charge on any atom is -0.356 e. The molecule has 0 saturated heterocycles. The first-order valence-corrected chi connectivity index (χ1v) is 8.69. The average Bonchev–Trinajstić information content (AvgIpc) is 3.05. The van der Waals surface area contributed by atoms with Gasteiger partial charge in [-0.2, -0.15) is 13.2 Å². The number of benzene rings is 2. The van der Waals surface area contributed by atoms with Gasteiger partial charge in [0, 0.05) is 23.0 Å². The summed E-state index contributed by atoms with van der Waals surface area (Å²) in [7, 11) is 0. The maximum absolute atomic E-state index is 13.9. The molecule has 3 aromatic rings. The average molecular weight is 387 g/mol. The van der Waals surface area contributed by atoms with Gasteiger partial charge in [-0.3, -0.25) is 10.1 Å². The van der Waals surface area contributed by atoms with Crippen LogP contribution < -0.4 is 5.32 Å². The minimum absolute atomic E-state index is 0.0535. The minimum atomic E-state index is -4.69. The van der Waals surface area contributed by atoms with Gasteiger partial charge >= 0.3 is 12.2 Å². The number of fused-ring (bicyclic) bond motifs is 3. The number of aromatic amines is 1. The monoisotopic (exact) mass is 387 g/mol. The molecular weight excluding hydrogens is 371 g/mol. The van der Waals surface area contributed by atoms with Crippen molar-refractivity contribution in [3.8, 4) is 0 Å². The Morgan fingerprint density at radius 3 is 2.43 bits per heavy atom. The highest BCUT2D eigenvalue weighted by Crippen LogP contribution is 2.43.